The summed E-state index contributed by atoms with van der Waals surface area (Å²) in [4.78, 5) is 11.8. The van der Waals surface area contributed by atoms with Crippen molar-refractivity contribution in [2.45, 2.75) is 65.2 Å². The van der Waals surface area contributed by atoms with Crippen LogP contribution in [-0.2, 0) is 11.3 Å². The molecular weight excluding hydrogens is 405 g/mol. The Morgan fingerprint density at radius 3 is 2.26 bits per heavy atom. The fraction of sp³-hybridized carbons (Fsp3) is 0.480. The first-order chi connectivity index (χ1) is 14.8. The quantitative estimate of drug-likeness (QED) is 0.511. The van der Waals surface area contributed by atoms with E-state index in [1.54, 1.807) is 24.3 Å². The first kappa shape index (κ1) is 24.9. The van der Waals surface area contributed by atoms with Crippen LogP contribution in [0.15, 0.2) is 42.5 Å². The Labute approximate surface area is 182 Å². The van der Waals surface area contributed by atoms with Crippen LogP contribution < -0.4 is 0 Å². The van der Waals surface area contributed by atoms with Gasteiger partial charge in [0.25, 0.3) is 0 Å². The molecule has 0 unspecified atom stereocenters. The highest BCUT2D eigenvalue weighted by Gasteiger charge is 2.42. The van der Waals surface area contributed by atoms with Crippen molar-refractivity contribution >= 4 is 5.97 Å². The number of hydrogen-bond donors (Lipinski definition) is 1. The molecule has 2 aromatic carbocycles. The molecule has 0 heterocycles. The molecule has 0 aliphatic heterocycles. The van der Waals surface area contributed by atoms with E-state index in [0.717, 1.165) is 16.7 Å². The number of halogens is 3. The number of carboxylic acid groups (broad SMARTS) is 1. The maximum absolute atomic E-state index is 13.1. The molecule has 1 fully saturated rings. The summed E-state index contributed by atoms with van der Waals surface area (Å²) >= 11 is 0. The Bertz CT molecular complexity index is 853. The summed E-state index contributed by atoms with van der Waals surface area (Å²) in [6, 6.07) is 12.5. The average molecular weight is 437 g/mol. The summed E-state index contributed by atoms with van der Waals surface area (Å²) in [5, 5.41) is 9.66. The molecule has 0 amide bonds. The lowest BCUT2D eigenvalue weighted by Gasteiger charge is -2.32. The van der Waals surface area contributed by atoms with Crippen molar-refractivity contribution in [1.82, 2.24) is 0 Å². The van der Waals surface area contributed by atoms with Crippen molar-refractivity contribution in [3.05, 3.63) is 59.2 Å². The van der Waals surface area contributed by atoms with Gasteiger partial charge in [0.15, 0.2) is 0 Å². The second kappa shape index (κ2) is 11.3. The molecule has 0 atom stereocenters. The highest BCUT2D eigenvalue weighted by atomic mass is 19.4. The third-order valence-electron chi connectivity index (χ3n) is 5.70. The summed E-state index contributed by atoms with van der Waals surface area (Å²) in [5.41, 5.74) is 3.33. The Hall–Kier alpha value is -2.34. The molecule has 0 radical (unpaired) electrons. The third-order valence-corrected chi connectivity index (χ3v) is 5.70. The summed E-state index contributed by atoms with van der Waals surface area (Å²) < 4.78 is 44.8. The van der Waals surface area contributed by atoms with Gasteiger partial charge >= 0.3 is 12.1 Å². The standard InChI is InChI=1S/C23H25F3O3.C2H6/c1-2-29-14-16-6-5-9-18(15-10-12-17(13-11-15)23(24,25)26)21(16)19-7-3-4-8-20(19)22(27)28;1-2/h3-9,15,17H,2,10-14H2,1H3,(H,27,28);1-2H3. The zero-order chi connectivity index (χ0) is 23.0. The molecule has 3 nitrogen and oxygen atoms in total. The summed E-state index contributed by atoms with van der Waals surface area (Å²) in [5.74, 6) is -2.31. The molecule has 1 N–H and O–H groups in total. The molecule has 0 spiro atoms. The molecule has 1 saturated carbocycles. The van der Waals surface area contributed by atoms with Crippen LogP contribution in [0, 0.1) is 5.92 Å². The molecule has 6 heteroatoms. The van der Waals surface area contributed by atoms with E-state index < -0.39 is 18.1 Å². The number of aromatic carboxylic acids is 1. The van der Waals surface area contributed by atoms with Crippen LogP contribution in [0.5, 0.6) is 0 Å². The van der Waals surface area contributed by atoms with Gasteiger partial charge < -0.3 is 9.84 Å². The van der Waals surface area contributed by atoms with Crippen LogP contribution in [0.25, 0.3) is 11.1 Å². The second-order valence-electron chi connectivity index (χ2n) is 7.46. The van der Waals surface area contributed by atoms with Gasteiger partial charge in [-0.2, -0.15) is 13.2 Å². The van der Waals surface area contributed by atoms with Gasteiger partial charge in [-0.05, 0) is 66.8 Å². The first-order valence-corrected chi connectivity index (χ1v) is 10.9. The highest BCUT2D eigenvalue weighted by molar-refractivity contribution is 5.97. The highest BCUT2D eigenvalue weighted by Crippen LogP contribution is 2.46. The molecule has 0 saturated heterocycles. The van der Waals surface area contributed by atoms with Crippen LogP contribution in [0.1, 0.15) is 73.9 Å². The SMILES string of the molecule is CC.CCOCc1cccc(C2CCC(C(F)(F)F)CC2)c1-c1ccccc1C(=O)O. The van der Waals surface area contributed by atoms with Crippen LogP contribution in [0.4, 0.5) is 13.2 Å². The summed E-state index contributed by atoms with van der Waals surface area (Å²) in [7, 11) is 0. The van der Waals surface area contributed by atoms with E-state index in [2.05, 4.69) is 0 Å². The number of carboxylic acids is 1. The predicted molar refractivity (Wildman–Crippen MR) is 116 cm³/mol. The fourth-order valence-electron chi connectivity index (χ4n) is 4.24. The molecule has 1 aliphatic carbocycles. The smallest absolute Gasteiger partial charge is 0.391 e. The normalized spacial score (nSPS) is 18.8. The number of benzene rings is 2. The molecule has 31 heavy (non-hydrogen) atoms. The number of ether oxygens (including phenoxy) is 1. The Morgan fingerprint density at radius 1 is 1.03 bits per heavy atom. The van der Waals surface area contributed by atoms with Crippen LogP contribution >= 0.6 is 0 Å². The van der Waals surface area contributed by atoms with Gasteiger partial charge in [0.1, 0.15) is 0 Å². The molecule has 0 aromatic heterocycles. The lowest BCUT2D eigenvalue weighted by Crippen LogP contribution is -2.27. The van der Waals surface area contributed by atoms with Crippen molar-refractivity contribution in [2.24, 2.45) is 5.92 Å². The average Bonchev–Trinajstić information content (AvgIpc) is 2.78. The number of hydrogen-bond acceptors (Lipinski definition) is 2. The minimum absolute atomic E-state index is 0.0352. The number of alkyl halides is 3. The van der Waals surface area contributed by atoms with E-state index >= 15 is 0 Å². The van der Waals surface area contributed by atoms with E-state index in [9.17, 15) is 23.1 Å². The maximum atomic E-state index is 13.1. The van der Waals surface area contributed by atoms with Crippen molar-refractivity contribution < 1.29 is 27.8 Å². The minimum Gasteiger partial charge on any atom is -0.478 e. The fourth-order valence-corrected chi connectivity index (χ4v) is 4.24. The van der Waals surface area contributed by atoms with E-state index in [1.165, 1.54) is 0 Å². The zero-order valence-electron chi connectivity index (χ0n) is 18.3. The van der Waals surface area contributed by atoms with Gasteiger partial charge in [-0.15, -0.1) is 0 Å². The molecule has 1 aliphatic rings. The van der Waals surface area contributed by atoms with Gasteiger partial charge in [-0.25, -0.2) is 4.79 Å². The monoisotopic (exact) mass is 436 g/mol. The Balaban J connectivity index is 0.00000166. The van der Waals surface area contributed by atoms with Gasteiger partial charge in [0, 0.05) is 6.61 Å². The lowest BCUT2D eigenvalue weighted by atomic mass is 9.75. The van der Waals surface area contributed by atoms with Gasteiger partial charge in [0.2, 0.25) is 0 Å². The first-order valence-electron chi connectivity index (χ1n) is 10.9. The van der Waals surface area contributed by atoms with Gasteiger partial charge in [-0.3, -0.25) is 0 Å². The summed E-state index contributed by atoms with van der Waals surface area (Å²) in [6.45, 7) is 6.72. The van der Waals surface area contributed by atoms with E-state index in [4.69, 9.17) is 4.74 Å². The lowest BCUT2D eigenvalue weighted by molar-refractivity contribution is -0.182. The Morgan fingerprint density at radius 2 is 1.68 bits per heavy atom. The molecule has 170 valence electrons. The second-order valence-corrected chi connectivity index (χ2v) is 7.46. The van der Waals surface area contributed by atoms with Crippen molar-refractivity contribution in [1.29, 1.82) is 0 Å². The van der Waals surface area contributed by atoms with Crippen molar-refractivity contribution in [3.63, 3.8) is 0 Å². The van der Waals surface area contributed by atoms with Gasteiger partial charge in [-0.1, -0.05) is 50.2 Å². The molecular formula is C25H31F3O3. The molecule has 2 aromatic rings. The predicted octanol–water partition coefficient (Wildman–Crippen LogP) is 7.45. The zero-order valence-corrected chi connectivity index (χ0v) is 18.3. The Kier molecular flexibility index (Phi) is 9.11. The third kappa shape index (κ3) is 6.10. The van der Waals surface area contributed by atoms with E-state index in [-0.39, 0.29) is 24.3 Å². The van der Waals surface area contributed by atoms with Crippen LogP contribution in [0.2, 0.25) is 0 Å². The molecule has 0 bridgehead atoms. The maximum Gasteiger partial charge on any atom is 0.391 e. The van der Waals surface area contributed by atoms with E-state index in [0.29, 0.717) is 31.6 Å². The largest absolute Gasteiger partial charge is 0.478 e. The topological polar surface area (TPSA) is 46.5 Å². The van der Waals surface area contributed by atoms with Crippen molar-refractivity contribution in [3.8, 4) is 11.1 Å². The van der Waals surface area contributed by atoms with Gasteiger partial charge in [0.05, 0.1) is 18.1 Å². The van der Waals surface area contributed by atoms with Crippen molar-refractivity contribution in [2.75, 3.05) is 6.61 Å². The summed E-state index contributed by atoms with van der Waals surface area (Å²) in [6.07, 6.45) is -3.08. The number of carbonyl (C=O) groups is 1. The van der Waals surface area contributed by atoms with Crippen LogP contribution in [-0.4, -0.2) is 23.9 Å². The van der Waals surface area contributed by atoms with Crippen LogP contribution in [0.3, 0.4) is 0 Å². The minimum atomic E-state index is -4.15. The number of rotatable bonds is 6. The van der Waals surface area contributed by atoms with E-state index in [1.807, 2.05) is 39.0 Å². The molecule has 3 rings (SSSR count).